The Morgan fingerprint density at radius 3 is 2.96 bits per heavy atom. The molecule has 0 radical (unpaired) electrons. The highest BCUT2D eigenvalue weighted by Gasteiger charge is 2.16. The zero-order valence-corrected chi connectivity index (χ0v) is 15.5. The summed E-state index contributed by atoms with van der Waals surface area (Å²) in [4.78, 5) is 17.4. The van der Waals surface area contributed by atoms with Crippen LogP contribution in [0.4, 0.5) is 0 Å². The number of thiazole rings is 1. The van der Waals surface area contributed by atoms with Crippen LogP contribution in [0, 0.1) is 18.3 Å². The zero-order valence-electron chi connectivity index (χ0n) is 14.7. The molecule has 0 bridgehead atoms. The van der Waals surface area contributed by atoms with E-state index in [0.29, 0.717) is 30.3 Å². The van der Waals surface area contributed by atoms with E-state index in [-0.39, 0.29) is 5.91 Å². The first-order valence-corrected chi connectivity index (χ1v) is 9.80. The molecule has 0 unspecified atom stereocenters. The Bertz CT molecular complexity index is 851. The van der Waals surface area contributed by atoms with Crippen LogP contribution in [-0.2, 0) is 11.3 Å². The summed E-state index contributed by atoms with van der Waals surface area (Å²) in [5, 5.41) is 0. The van der Waals surface area contributed by atoms with E-state index in [4.69, 9.17) is 11.2 Å². The number of rotatable bonds is 6. The summed E-state index contributed by atoms with van der Waals surface area (Å²) in [7, 11) is 0. The van der Waals surface area contributed by atoms with Crippen LogP contribution in [0.5, 0.6) is 5.75 Å². The number of nitrogens with zero attached hydrogens (tertiary/aromatic N) is 2. The fraction of sp³-hybridized carbons (Fsp3) is 0.500. The predicted molar refractivity (Wildman–Crippen MR) is 102 cm³/mol. The first-order valence-electron chi connectivity index (χ1n) is 8.98. The molecule has 1 fully saturated rings. The zero-order chi connectivity index (χ0) is 17.6. The summed E-state index contributed by atoms with van der Waals surface area (Å²) >= 11 is 1.49. The van der Waals surface area contributed by atoms with Crippen molar-refractivity contribution < 1.29 is 9.53 Å². The van der Waals surface area contributed by atoms with Crippen molar-refractivity contribution in [3.05, 3.63) is 23.0 Å². The van der Waals surface area contributed by atoms with Gasteiger partial charge in [-0.3, -0.25) is 4.79 Å². The molecule has 1 aliphatic carbocycles. The Labute approximate surface area is 152 Å². The monoisotopic (exact) mass is 356 g/mol. The van der Waals surface area contributed by atoms with Crippen LogP contribution in [-0.4, -0.2) is 17.1 Å². The van der Waals surface area contributed by atoms with Crippen molar-refractivity contribution in [3.8, 4) is 18.1 Å². The summed E-state index contributed by atoms with van der Waals surface area (Å²) in [5.41, 5.74) is 0.994. The minimum atomic E-state index is -0.0470. The molecule has 0 aliphatic heterocycles. The highest BCUT2D eigenvalue weighted by atomic mass is 32.1. The van der Waals surface area contributed by atoms with Gasteiger partial charge in [-0.05, 0) is 37.5 Å². The van der Waals surface area contributed by atoms with Crippen LogP contribution in [0.25, 0.3) is 10.2 Å². The van der Waals surface area contributed by atoms with Crippen molar-refractivity contribution in [1.82, 2.24) is 4.57 Å². The maximum absolute atomic E-state index is 12.3. The summed E-state index contributed by atoms with van der Waals surface area (Å²) in [6.07, 6.45) is 12.1. The first kappa shape index (κ1) is 17.8. The molecular formula is C20H24N2O2S. The Morgan fingerprint density at radius 2 is 2.24 bits per heavy atom. The Balaban J connectivity index is 1.86. The summed E-state index contributed by atoms with van der Waals surface area (Å²) in [6.45, 7) is 2.99. The number of ether oxygens (including phenoxy) is 1. The topological polar surface area (TPSA) is 43.6 Å². The molecule has 1 heterocycles. The van der Waals surface area contributed by atoms with Crippen LogP contribution < -0.4 is 9.54 Å². The van der Waals surface area contributed by atoms with Crippen molar-refractivity contribution in [2.75, 3.05) is 6.61 Å². The molecule has 0 atom stereocenters. The number of carbonyl (C=O) groups is 1. The minimum Gasteiger partial charge on any atom is -0.494 e. The van der Waals surface area contributed by atoms with Crippen molar-refractivity contribution in [1.29, 1.82) is 0 Å². The third-order valence-corrected chi connectivity index (χ3v) is 5.72. The van der Waals surface area contributed by atoms with Gasteiger partial charge in [0, 0.05) is 6.42 Å². The number of aromatic nitrogens is 1. The van der Waals surface area contributed by atoms with E-state index >= 15 is 0 Å². The van der Waals surface area contributed by atoms with E-state index in [1.807, 2.05) is 29.7 Å². The van der Waals surface area contributed by atoms with Gasteiger partial charge in [0.2, 0.25) is 5.91 Å². The second kappa shape index (κ2) is 8.35. The molecule has 132 valence electrons. The molecule has 0 spiro atoms. The summed E-state index contributed by atoms with van der Waals surface area (Å²) < 4.78 is 8.52. The SMILES string of the molecule is C#CCn1c(=NC(=O)CCC2CCCC2)sc2cc(OCC)ccc21. The standard InChI is InChI=1S/C20H24N2O2S/c1-3-13-22-17-11-10-16(24-4-2)14-18(17)25-20(22)21-19(23)12-9-15-7-5-6-8-15/h1,10-11,14-15H,4-9,12-13H2,2H3. The molecular weight excluding hydrogens is 332 g/mol. The van der Waals surface area contributed by atoms with Gasteiger partial charge in [0.1, 0.15) is 5.75 Å². The normalized spacial score (nSPS) is 15.6. The number of hydrogen-bond acceptors (Lipinski definition) is 3. The third kappa shape index (κ3) is 4.32. The average molecular weight is 356 g/mol. The molecule has 0 saturated heterocycles. The number of fused-ring (bicyclic) bond motifs is 1. The summed E-state index contributed by atoms with van der Waals surface area (Å²) in [5.74, 6) is 4.14. The molecule has 3 rings (SSSR count). The lowest BCUT2D eigenvalue weighted by atomic mass is 10.0. The fourth-order valence-corrected chi connectivity index (χ4v) is 4.50. The number of hydrogen-bond donors (Lipinski definition) is 0. The van der Waals surface area contributed by atoms with E-state index in [2.05, 4.69) is 10.9 Å². The van der Waals surface area contributed by atoms with Crippen LogP contribution in [0.15, 0.2) is 23.2 Å². The van der Waals surface area contributed by atoms with Crippen molar-refractivity contribution in [2.45, 2.75) is 52.0 Å². The van der Waals surface area contributed by atoms with Gasteiger partial charge in [0.15, 0.2) is 4.80 Å². The quantitative estimate of drug-likeness (QED) is 0.730. The Kier molecular flexibility index (Phi) is 5.93. The maximum atomic E-state index is 12.3. The van der Waals surface area contributed by atoms with Gasteiger partial charge in [0.25, 0.3) is 0 Å². The van der Waals surface area contributed by atoms with Gasteiger partial charge in [-0.2, -0.15) is 4.99 Å². The average Bonchev–Trinajstić information content (AvgIpc) is 3.22. The lowest BCUT2D eigenvalue weighted by Crippen LogP contribution is -2.16. The van der Waals surface area contributed by atoms with Crippen LogP contribution in [0.2, 0.25) is 0 Å². The maximum Gasteiger partial charge on any atom is 0.248 e. The Hall–Kier alpha value is -2.06. The second-order valence-electron chi connectivity index (χ2n) is 6.43. The molecule has 25 heavy (non-hydrogen) atoms. The highest BCUT2D eigenvalue weighted by Crippen LogP contribution is 2.28. The number of amides is 1. The van der Waals surface area contributed by atoms with Gasteiger partial charge in [-0.25, -0.2) is 0 Å². The van der Waals surface area contributed by atoms with E-state index in [1.54, 1.807) is 0 Å². The number of terminal acetylenes is 1. The third-order valence-electron chi connectivity index (χ3n) is 4.68. The van der Waals surface area contributed by atoms with Gasteiger partial charge < -0.3 is 9.30 Å². The molecule has 1 saturated carbocycles. The smallest absolute Gasteiger partial charge is 0.248 e. The second-order valence-corrected chi connectivity index (χ2v) is 7.44. The molecule has 1 aromatic carbocycles. The number of benzene rings is 1. The van der Waals surface area contributed by atoms with Crippen LogP contribution in [0.1, 0.15) is 45.4 Å². The van der Waals surface area contributed by atoms with Crippen molar-refractivity contribution >= 4 is 27.5 Å². The lowest BCUT2D eigenvalue weighted by Gasteiger charge is -2.05. The molecule has 4 nitrogen and oxygen atoms in total. The largest absolute Gasteiger partial charge is 0.494 e. The Morgan fingerprint density at radius 1 is 1.44 bits per heavy atom. The molecule has 1 aliphatic rings. The predicted octanol–water partition coefficient (Wildman–Crippen LogP) is 4.13. The van der Waals surface area contributed by atoms with Gasteiger partial charge in [0.05, 0.1) is 23.4 Å². The number of carbonyl (C=O) groups excluding carboxylic acids is 1. The van der Waals surface area contributed by atoms with Crippen LogP contribution >= 0.6 is 11.3 Å². The minimum absolute atomic E-state index is 0.0470. The van der Waals surface area contributed by atoms with Gasteiger partial charge in [-0.1, -0.05) is 42.9 Å². The van der Waals surface area contributed by atoms with E-state index < -0.39 is 0 Å². The van der Waals surface area contributed by atoms with E-state index in [9.17, 15) is 4.79 Å². The van der Waals surface area contributed by atoms with Gasteiger partial charge in [-0.15, -0.1) is 6.42 Å². The van der Waals surface area contributed by atoms with E-state index in [1.165, 1.54) is 37.0 Å². The summed E-state index contributed by atoms with van der Waals surface area (Å²) in [6, 6.07) is 5.89. The van der Waals surface area contributed by atoms with Gasteiger partial charge >= 0.3 is 0 Å². The van der Waals surface area contributed by atoms with E-state index in [0.717, 1.165) is 22.4 Å². The van der Waals surface area contributed by atoms with Crippen molar-refractivity contribution in [3.63, 3.8) is 0 Å². The molecule has 5 heteroatoms. The highest BCUT2D eigenvalue weighted by molar-refractivity contribution is 7.16. The fourth-order valence-electron chi connectivity index (χ4n) is 3.43. The molecule has 1 amide bonds. The lowest BCUT2D eigenvalue weighted by molar-refractivity contribution is -0.118. The molecule has 2 aromatic rings. The van der Waals surface area contributed by atoms with Crippen molar-refractivity contribution in [2.24, 2.45) is 10.9 Å². The van der Waals surface area contributed by atoms with Crippen LogP contribution in [0.3, 0.4) is 0 Å². The molecule has 1 aromatic heterocycles. The first-order chi connectivity index (χ1) is 12.2. The molecule has 0 N–H and O–H groups in total.